The number of alkyl halides is 6. The number of aliphatic hydroxyl groups excluding tert-OH is 1. The zero-order valence-corrected chi connectivity index (χ0v) is 10.0. The van der Waals surface area contributed by atoms with Gasteiger partial charge in [0.15, 0.2) is 6.10 Å². The molecule has 0 aliphatic carbocycles. The molecule has 2 N–H and O–H groups in total. The maximum atomic E-state index is 12.6. The molecule has 0 bridgehead atoms. The van der Waals surface area contributed by atoms with Crippen LogP contribution in [0.5, 0.6) is 0 Å². The van der Waals surface area contributed by atoms with E-state index in [-0.39, 0.29) is 0 Å². The van der Waals surface area contributed by atoms with Crippen molar-refractivity contribution in [3.63, 3.8) is 0 Å². The van der Waals surface area contributed by atoms with Gasteiger partial charge in [0, 0.05) is 19.4 Å². The number of nitrogens with one attached hydrogen (secondary N) is 1. The molecule has 1 aromatic heterocycles. The molecule has 1 rings (SSSR count). The number of aliphatic hydroxyl groups is 1. The Bertz CT molecular complexity index is 491. The molecule has 0 aliphatic rings. The second-order valence-electron chi connectivity index (χ2n) is 4.02. The van der Waals surface area contributed by atoms with E-state index in [1.807, 2.05) is 0 Å². The zero-order valence-electron chi connectivity index (χ0n) is 10.0. The number of carbonyl (C=O) groups excluding carboxylic acids is 1. The number of aryl methyl sites for hydroxylation is 1. The summed E-state index contributed by atoms with van der Waals surface area (Å²) in [4.78, 5) is 11.5. The van der Waals surface area contributed by atoms with Crippen LogP contribution in [-0.4, -0.2) is 34.4 Å². The van der Waals surface area contributed by atoms with Crippen LogP contribution in [0.3, 0.4) is 0 Å². The normalized spacial score (nSPS) is 14.2. The maximum absolute atomic E-state index is 12.6. The fraction of sp³-hybridized carbons (Fsp3) is 0.500. The molecule has 0 saturated carbocycles. The van der Waals surface area contributed by atoms with Gasteiger partial charge < -0.3 is 15.0 Å². The minimum atomic E-state index is -4.96. The molecule has 1 aromatic rings. The van der Waals surface area contributed by atoms with Gasteiger partial charge >= 0.3 is 12.4 Å². The molecular weight excluding hydrogens is 294 g/mol. The summed E-state index contributed by atoms with van der Waals surface area (Å²) in [6, 6.07) is 0. The second kappa shape index (κ2) is 5.35. The van der Waals surface area contributed by atoms with Crippen LogP contribution in [0.15, 0.2) is 12.4 Å². The molecule has 10 heteroatoms. The predicted octanol–water partition coefficient (Wildman–Crippen LogP) is 1.70. The lowest BCUT2D eigenvalue weighted by Gasteiger charge is -2.15. The van der Waals surface area contributed by atoms with E-state index in [1.54, 1.807) is 5.32 Å². The highest BCUT2D eigenvalue weighted by molar-refractivity contribution is 5.95. The first-order valence-corrected chi connectivity index (χ1v) is 5.19. The van der Waals surface area contributed by atoms with Crippen LogP contribution in [0.2, 0.25) is 0 Å². The van der Waals surface area contributed by atoms with Crippen molar-refractivity contribution < 1.29 is 36.2 Å². The minimum absolute atomic E-state index is 0.634. The topological polar surface area (TPSA) is 54.3 Å². The lowest BCUT2D eigenvalue weighted by atomic mass is 10.2. The van der Waals surface area contributed by atoms with Crippen molar-refractivity contribution in [3.05, 3.63) is 23.5 Å². The molecule has 1 atom stereocenters. The number of halogens is 6. The SMILES string of the molecule is Cn1cc(C(=O)NCC(O)C(F)(F)F)c(C(F)(F)F)c1. The number of nitrogens with zero attached hydrogens (tertiary/aromatic N) is 1. The Morgan fingerprint density at radius 3 is 2.30 bits per heavy atom. The average Bonchev–Trinajstić information content (AvgIpc) is 2.66. The number of amides is 1. The number of hydrogen-bond donors (Lipinski definition) is 2. The van der Waals surface area contributed by atoms with E-state index in [4.69, 9.17) is 5.11 Å². The molecule has 0 aromatic carbocycles. The van der Waals surface area contributed by atoms with E-state index in [9.17, 15) is 31.1 Å². The Balaban J connectivity index is 2.84. The van der Waals surface area contributed by atoms with Crippen LogP contribution < -0.4 is 5.32 Å². The second-order valence-corrected chi connectivity index (χ2v) is 4.02. The van der Waals surface area contributed by atoms with Gasteiger partial charge in [0.2, 0.25) is 0 Å². The summed E-state index contributed by atoms with van der Waals surface area (Å²) < 4.78 is 74.7. The molecule has 1 heterocycles. The summed E-state index contributed by atoms with van der Waals surface area (Å²) in [7, 11) is 1.23. The Morgan fingerprint density at radius 1 is 1.30 bits per heavy atom. The van der Waals surface area contributed by atoms with Crippen molar-refractivity contribution in [1.29, 1.82) is 0 Å². The number of hydrogen-bond acceptors (Lipinski definition) is 2. The van der Waals surface area contributed by atoms with E-state index >= 15 is 0 Å². The van der Waals surface area contributed by atoms with Crippen molar-refractivity contribution in [2.24, 2.45) is 7.05 Å². The van der Waals surface area contributed by atoms with Crippen molar-refractivity contribution in [3.8, 4) is 0 Å². The van der Waals surface area contributed by atoms with Gasteiger partial charge in [-0.3, -0.25) is 4.79 Å². The summed E-state index contributed by atoms with van der Waals surface area (Å²) in [5, 5.41) is 10.3. The lowest BCUT2D eigenvalue weighted by molar-refractivity contribution is -0.201. The molecule has 0 aliphatic heterocycles. The summed E-state index contributed by atoms with van der Waals surface area (Å²) >= 11 is 0. The van der Waals surface area contributed by atoms with Crippen molar-refractivity contribution in [2.75, 3.05) is 6.54 Å². The van der Waals surface area contributed by atoms with Crippen LogP contribution in [0, 0.1) is 0 Å². The van der Waals surface area contributed by atoms with Crippen LogP contribution in [-0.2, 0) is 13.2 Å². The number of carbonyl (C=O) groups is 1. The van der Waals surface area contributed by atoms with Gasteiger partial charge in [-0.1, -0.05) is 0 Å². The molecule has 114 valence electrons. The zero-order chi connectivity index (χ0) is 15.7. The molecule has 0 saturated heterocycles. The third-order valence-corrected chi connectivity index (χ3v) is 2.34. The molecule has 20 heavy (non-hydrogen) atoms. The van der Waals surface area contributed by atoms with E-state index in [0.29, 0.717) is 6.20 Å². The monoisotopic (exact) mass is 304 g/mol. The highest BCUT2D eigenvalue weighted by atomic mass is 19.4. The van der Waals surface area contributed by atoms with E-state index in [2.05, 4.69) is 0 Å². The first-order chi connectivity index (χ1) is 8.93. The Labute approximate surface area is 109 Å². The molecular formula is C10H10F6N2O2. The lowest BCUT2D eigenvalue weighted by Crippen LogP contribution is -2.41. The molecule has 0 radical (unpaired) electrons. The molecule has 1 unspecified atom stereocenters. The van der Waals surface area contributed by atoms with Crippen LogP contribution in [0.1, 0.15) is 15.9 Å². The molecule has 0 fully saturated rings. The Hall–Kier alpha value is -1.71. The van der Waals surface area contributed by atoms with E-state index in [0.717, 1.165) is 10.8 Å². The van der Waals surface area contributed by atoms with Crippen molar-refractivity contribution >= 4 is 5.91 Å². The quantitative estimate of drug-likeness (QED) is 0.835. The summed E-state index contributed by atoms with van der Waals surface area (Å²) in [5.41, 5.74) is -2.08. The highest BCUT2D eigenvalue weighted by Crippen LogP contribution is 2.32. The third-order valence-electron chi connectivity index (χ3n) is 2.34. The van der Waals surface area contributed by atoms with Crippen LogP contribution >= 0.6 is 0 Å². The fourth-order valence-corrected chi connectivity index (χ4v) is 1.39. The first-order valence-electron chi connectivity index (χ1n) is 5.19. The van der Waals surface area contributed by atoms with E-state index in [1.165, 1.54) is 7.05 Å². The van der Waals surface area contributed by atoms with E-state index < -0.39 is 42.0 Å². The Morgan fingerprint density at radius 2 is 1.85 bits per heavy atom. The molecule has 4 nitrogen and oxygen atoms in total. The first kappa shape index (κ1) is 16.3. The van der Waals surface area contributed by atoms with Gasteiger partial charge in [-0.2, -0.15) is 26.3 Å². The van der Waals surface area contributed by atoms with Crippen molar-refractivity contribution in [1.82, 2.24) is 9.88 Å². The third kappa shape index (κ3) is 3.89. The smallest absolute Gasteiger partial charge is 0.382 e. The Kier molecular flexibility index (Phi) is 4.37. The minimum Gasteiger partial charge on any atom is -0.382 e. The molecule has 0 spiro atoms. The molecule has 1 amide bonds. The summed E-state index contributed by atoms with van der Waals surface area (Å²) in [6.45, 7) is -1.23. The highest BCUT2D eigenvalue weighted by Gasteiger charge is 2.39. The fourth-order valence-electron chi connectivity index (χ4n) is 1.39. The maximum Gasteiger partial charge on any atom is 0.418 e. The average molecular weight is 304 g/mol. The van der Waals surface area contributed by atoms with Gasteiger partial charge in [-0.15, -0.1) is 0 Å². The van der Waals surface area contributed by atoms with Gasteiger partial charge in [0.25, 0.3) is 5.91 Å². The van der Waals surface area contributed by atoms with Crippen LogP contribution in [0.25, 0.3) is 0 Å². The van der Waals surface area contributed by atoms with Gasteiger partial charge in [-0.25, -0.2) is 0 Å². The van der Waals surface area contributed by atoms with Gasteiger partial charge in [0.05, 0.1) is 17.7 Å². The predicted molar refractivity (Wildman–Crippen MR) is 54.8 cm³/mol. The number of aromatic nitrogens is 1. The number of rotatable bonds is 3. The van der Waals surface area contributed by atoms with Gasteiger partial charge in [-0.05, 0) is 0 Å². The summed E-state index contributed by atoms with van der Waals surface area (Å²) in [5.74, 6) is -1.35. The summed E-state index contributed by atoms with van der Waals surface area (Å²) in [6.07, 6.45) is -11.1. The standard InChI is InChI=1S/C10H10F6N2O2/c1-18-3-5(6(4-18)9(11,12)13)8(20)17-2-7(19)10(14,15)16/h3-4,7,19H,2H2,1H3,(H,17,20). The van der Waals surface area contributed by atoms with Crippen molar-refractivity contribution in [2.45, 2.75) is 18.5 Å². The van der Waals surface area contributed by atoms with Gasteiger partial charge in [0.1, 0.15) is 0 Å². The largest absolute Gasteiger partial charge is 0.418 e. The van der Waals surface area contributed by atoms with Crippen LogP contribution in [0.4, 0.5) is 26.3 Å².